The normalized spacial score (nSPS) is 16.4. The molecule has 2 N–H and O–H groups in total. The lowest BCUT2D eigenvalue weighted by molar-refractivity contribution is -0.114. The van der Waals surface area contributed by atoms with E-state index in [4.69, 9.17) is 9.47 Å². The van der Waals surface area contributed by atoms with Gasteiger partial charge in [-0.1, -0.05) is 12.1 Å². The highest BCUT2D eigenvalue weighted by atomic mass is 19.1. The number of amides is 1. The predicted octanol–water partition coefficient (Wildman–Crippen LogP) is 3.43. The van der Waals surface area contributed by atoms with Gasteiger partial charge in [0.05, 0.1) is 18.3 Å². The Balaban J connectivity index is 1.44. The molecule has 25 heavy (non-hydrogen) atoms. The van der Waals surface area contributed by atoms with Crippen LogP contribution in [0.1, 0.15) is 12.8 Å². The Labute approximate surface area is 146 Å². The summed E-state index contributed by atoms with van der Waals surface area (Å²) in [5.74, 6) is 0.0947. The van der Waals surface area contributed by atoms with Crippen molar-refractivity contribution < 1.29 is 18.7 Å². The number of rotatable bonds is 7. The Morgan fingerprint density at radius 3 is 2.72 bits per heavy atom. The van der Waals surface area contributed by atoms with Crippen LogP contribution in [0.5, 0.6) is 5.75 Å². The Hall–Kier alpha value is -2.60. The van der Waals surface area contributed by atoms with Crippen LogP contribution in [0.2, 0.25) is 0 Å². The summed E-state index contributed by atoms with van der Waals surface area (Å²) >= 11 is 0. The van der Waals surface area contributed by atoms with Gasteiger partial charge in [0.25, 0.3) is 0 Å². The van der Waals surface area contributed by atoms with Crippen molar-refractivity contribution in [1.29, 1.82) is 0 Å². The Morgan fingerprint density at radius 1 is 1.20 bits per heavy atom. The lowest BCUT2D eigenvalue weighted by atomic mass is 10.2. The highest BCUT2D eigenvalue weighted by molar-refractivity contribution is 5.93. The van der Waals surface area contributed by atoms with Crippen LogP contribution in [0.15, 0.2) is 48.5 Å². The lowest BCUT2D eigenvalue weighted by Crippen LogP contribution is -2.22. The van der Waals surface area contributed by atoms with E-state index in [1.54, 1.807) is 42.5 Å². The molecular weight excluding hydrogens is 323 g/mol. The molecule has 0 saturated carbocycles. The predicted molar refractivity (Wildman–Crippen MR) is 94.4 cm³/mol. The van der Waals surface area contributed by atoms with E-state index in [1.165, 1.54) is 6.07 Å². The summed E-state index contributed by atoms with van der Waals surface area (Å²) in [6, 6.07) is 13.4. The summed E-state index contributed by atoms with van der Waals surface area (Å²) in [5, 5.41) is 5.52. The van der Waals surface area contributed by atoms with Crippen LogP contribution >= 0.6 is 0 Å². The fourth-order valence-corrected chi connectivity index (χ4v) is 2.58. The van der Waals surface area contributed by atoms with Gasteiger partial charge in [-0.25, -0.2) is 4.39 Å². The minimum absolute atomic E-state index is 0.0157. The molecule has 6 heteroatoms. The van der Waals surface area contributed by atoms with Crippen LogP contribution in [0.25, 0.3) is 0 Å². The van der Waals surface area contributed by atoms with Crippen molar-refractivity contribution in [2.75, 3.05) is 30.4 Å². The molecule has 1 saturated heterocycles. The van der Waals surface area contributed by atoms with E-state index in [0.29, 0.717) is 18.0 Å². The molecule has 132 valence electrons. The number of anilines is 2. The Bertz CT molecular complexity index is 700. The molecular formula is C19H21FN2O3. The number of para-hydroxylation sites is 1. The van der Waals surface area contributed by atoms with E-state index < -0.39 is 0 Å². The van der Waals surface area contributed by atoms with Gasteiger partial charge in [0.1, 0.15) is 18.2 Å². The first-order valence-corrected chi connectivity index (χ1v) is 8.33. The lowest BCUT2D eigenvalue weighted by Gasteiger charge is -2.12. The molecule has 2 aromatic carbocycles. The standard InChI is InChI=1S/C19H21FN2O3/c20-17-5-1-2-6-18(17)21-12-19(23)22-14-7-9-15(10-8-14)25-13-16-4-3-11-24-16/h1-2,5-10,16,21H,3-4,11-13H2,(H,22,23). The van der Waals surface area contributed by atoms with Gasteiger partial charge in [0, 0.05) is 12.3 Å². The molecule has 0 spiro atoms. The molecule has 1 unspecified atom stereocenters. The van der Waals surface area contributed by atoms with Gasteiger partial charge in [-0.05, 0) is 49.2 Å². The third-order valence-corrected chi connectivity index (χ3v) is 3.91. The summed E-state index contributed by atoms with van der Waals surface area (Å²) in [4.78, 5) is 11.9. The van der Waals surface area contributed by atoms with Crippen molar-refractivity contribution in [3.8, 4) is 5.75 Å². The maximum Gasteiger partial charge on any atom is 0.243 e. The molecule has 1 aliphatic rings. The van der Waals surface area contributed by atoms with Crippen LogP contribution < -0.4 is 15.4 Å². The van der Waals surface area contributed by atoms with E-state index in [-0.39, 0.29) is 24.4 Å². The minimum Gasteiger partial charge on any atom is -0.491 e. The minimum atomic E-state index is -0.386. The van der Waals surface area contributed by atoms with Crippen molar-refractivity contribution in [3.05, 3.63) is 54.3 Å². The van der Waals surface area contributed by atoms with Crippen molar-refractivity contribution in [2.45, 2.75) is 18.9 Å². The Kier molecular flexibility index (Phi) is 5.85. The van der Waals surface area contributed by atoms with E-state index >= 15 is 0 Å². The second-order valence-electron chi connectivity index (χ2n) is 5.85. The number of nitrogens with one attached hydrogen (secondary N) is 2. The number of benzene rings is 2. The van der Waals surface area contributed by atoms with Crippen molar-refractivity contribution in [2.24, 2.45) is 0 Å². The summed E-state index contributed by atoms with van der Waals surface area (Å²) < 4.78 is 24.7. The third-order valence-electron chi connectivity index (χ3n) is 3.91. The van der Waals surface area contributed by atoms with Gasteiger partial charge in [-0.15, -0.1) is 0 Å². The van der Waals surface area contributed by atoms with Gasteiger partial charge < -0.3 is 20.1 Å². The number of hydrogen-bond acceptors (Lipinski definition) is 4. The number of halogens is 1. The molecule has 2 aromatic rings. The Morgan fingerprint density at radius 2 is 2.00 bits per heavy atom. The van der Waals surface area contributed by atoms with Crippen molar-refractivity contribution in [1.82, 2.24) is 0 Å². The molecule has 5 nitrogen and oxygen atoms in total. The topological polar surface area (TPSA) is 59.6 Å². The molecule has 0 aromatic heterocycles. The summed E-state index contributed by atoms with van der Waals surface area (Å²) in [7, 11) is 0. The highest BCUT2D eigenvalue weighted by Crippen LogP contribution is 2.18. The molecule has 0 radical (unpaired) electrons. The molecule has 1 aliphatic heterocycles. The molecule has 1 amide bonds. The van der Waals surface area contributed by atoms with Crippen LogP contribution in [-0.4, -0.2) is 31.8 Å². The van der Waals surface area contributed by atoms with Crippen molar-refractivity contribution in [3.63, 3.8) is 0 Å². The molecule has 1 atom stereocenters. The smallest absolute Gasteiger partial charge is 0.243 e. The van der Waals surface area contributed by atoms with Crippen LogP contribution in [0, 0.1) is 5.82 Å². The number of carbonyl (C=O) groups is 1. The zero-order chi connectivity index (χ0) is 17.5. The largest absolute Gasteiger partial charge is 0.491 e. The third kappa shape index (κ3) is 5.19. The van der Waals surface area contributed by atoms with E-state index in [1.807, 2.05) is 0 Å². The first-order chi connectivity index (χ1) is 12.2. The zero-order valence-corrected chi connectivity index (χ0v) is 13.8. The average Bonchev–Trinajstić information content (AvgIpc) is 3.14. The maximum absolute atomic E-state index is 13.5. The number of hydrogen-bond donors (Lipinski definition) is 2. The average molecular weight is 344 g/mol. The second kappa shape index (κ2) is 8.48. The SMILES string of the molecule is O=C(CNc1ccccc1F)Nc1ccc(OCC2CCCO2)cc1. The van der Waals surface area contributed by atoms with Gasteiger partial charge in [0.2, 0.25) is 5.91 Å². The van der Waals surface area contributed by atoms with Gasteiger partial charge in [0.15, 0.2) is 0 Å². The zero-order valence-electron chi connectivity index (χ0n) is 13.8. The van der Waals surface area contributed by atoms with Crippen LogP contribution in [0.4, 0.5) is 15.8 Å². The summed E-state index contributed by atoms with van der Waals surface area (Å²) in [5.41, 5.74) is 0.959. The molecule has 0 bridgehead atoms. The number of carbonyl (C=O) groups excluding carboxylic acids is 1. The number of ether oxygens (including phenoxy) is 2. The second-order valence-corrected chi connectivity index (χ2v) is 5.85. The fourth-order valence-electron chi connectivity index (χ4n) is 2.58. The van der Waals surface area contributed by atoms with Gasteiger partial charge >= 0.3 is 0 Å². The van der Waals surface area contributed by atoms with E-state index in [9.17, 15) is 9.18 Å². The summed E-state index contributed by atoms with van der Waals surface area (Å²) in [6.07, 6.45) is 2.28. The molecule has 3 rings (SSSR count). The first kappa shape index (κ1) is 17.2. The highest BCUT2D eigenvalue weighted by Gasteiger charge is 2.15. The van der Waals surface area contributed by atoms with E-state index in [2.05, 4.69) is 10.6 Å². The van der Waals surface area contributed by atoms with Crippen molar-refractivity contribution >= 4 is 17.3 Å². The van der Waals surface area contributed by atoms with Crippen LogP contribution in [-0.2, 0) is 9.53 Å². The summed E-state index contributed by atoms with van der Waals surface area (Å²) in [6.45, 7) is 1.33. The first-order valence-electron chi connectivity index (χ1n) is 8.33. The molecule has 1 heterocycles. The van der Waals surface area contributed by atoms with E-state index in [0.717, 1.165) is 25.2 Å². The maximum atomic E-state index is 13.5. The van der Waals surface area contributed by atoms with Crippen LogP contribution in [0.3, 0.4) is 0 Å². The fraction of sp³-hybridized carbons (Fsp3) is 0.316. The van der Waals surface area contributed by atoms with Gasteiger partial charge in [-0.3, -0.25) is 4.79 Å². The monoisotopic (exact) mass is 344 g/mol. The van der Waals surface area contributed by atoms with Gasteiger partial charge in [-0.2, -0.15) is 0 Å². The quantitative estimate of drug-likeness (QED) is 0.808. The molecule has 1 fully saturated rings. The molecule has 0 aliphatic carbocycles.